The Hall–Kier alpha value is -1.57. The van der Waals surface area contributed by atoms with Crippen molar-refractivity contribution in [3.05, 3.63) is 29.8 Å². The van der Waals surface area contributed by atoms with Gasteiger partial charge in [-0.1, -0.05) is 37.8 Å². The SMILES string of the molecule is N#CCC(O)c1cccc(OCC2(O)CCCCCC2)c1. The highest BCUT2D eigenvalue weighted by atomic mass is 16.5. The molecule has 0 bridgehead atoms. The molecule has 4 nitrogen and oxygen atoms in total. The fourth-order valence-corrected chi connectivity index (χ4v) is 2.76. The van der Waals surface area contributed by atoms with Gasteiger partial charge in [0.1, 0.15) is 12.4 Å². The number of aliphatic hydroxyl groups is 2. The molecule has 0 amide bonds. The largest absolute Gasteiger partial charge is 0.491 e. The second kappa shape index (κ2) is 7.44. The first kappa shape index (κ1) is 15.8. The van der Waals surface area contributed by atoms with Crippen LogP contribution in [-0.2, 0) is 0 Å². The quantitative estimate of drug-likeness (QED) is 0.817. The zero-order chi connectivity index (χ0) is 15.1. The van der Waals surface area contributed by atoms with Crippen molar-refractivity contribution in [3.63, 3.8) is 0 Å². The van der Waals surface area contributed by atoms with Crippen molar-refractivity contribution in [2.45, 2.75) is 56.7 Å². The maximum Gasteiger partial charge on any atom is 0.119 e. The molecule has 1 fully saturated rings. The molecular weight excluding hydrogens is 266 g/mol. The van der Waals surface area contributed by atoms with E-state index in [4.69, 9.17) is 10.00 Å². The molecule has 0 saturated heterocycles. The van der Waals surface area contributed by atoms with Crippen molar-refractivity contribution in [2.75, 3.05) is 6.61 Å². The van der Waals surface area contributed by atoms with Crippen LogP contribution in [0.1, 0.15) is 56.6 Å². The monoisotopic (exact) mass is 289 g/mol. The van der Waals surface area contributed by atoms with E-state index in [1.54, 1.807) is 18.2 Å². The Bertz CT molecular complexity index is 487. The zero-order valence-corrected chi connectivity index (χ0v) is 12.3. The lowest BCUT2D eigenvalue weighted by Gasteiger charge is -2.26. The summed E-state index contributed by atoms with van der Waals surface area (Å²) < 4.78 is 5.73. The Morgan fingerprint density at radius 1 is 1.24 bits per heavy atom. The van der Waals surface area contributed by atoms with Gasteiger partial charge in [0.15, 0.2) is 0 Å². The van der Waals surface area contributed by atoms with Gasteiger partial charge < -0.3 is 14.9 Å². The normalized spacial score (nSPS) is 19.3. The highest BCUT2D eigenvalue weighted by Gasteiger charge is 2.28. The van der Waals surface area contributed by atoms with Crippen molar-refractivity contribution in [2.24, 2.45) is 0 Å². The van der Waals surface area contributed by atoms with Crippen LogP contribution in [0.2, 0.25) is 0 Å². The Morgan fingerprint density at radius 3 is 2.62 bits per heavy atom. The third-order valence-corrected chi connectivity index (χ3v) is 4.07. The molecule has 1 aromatic carbocycles. The van der Waals surface area contributed by atoms with Crippen LogP contribution >= 0.6 is 0 Å². The van der Waals surface area contributed by atoms with E-state index in [-0.39, 0.29) is 13.0 Å². The predicted octanol–water partition coefficient (Wildman–Crippen LogP) is 3.10. The topological polar surface area (TPSA) is 73.5 Å². The van der Waals surface area contributed by atoms with Crippen LogP contribution in [0.25, 0.3) is 0 Å². The van der Waals surface area contributed by atoms with E-state index in [1.165, 1.54) is 12.8 Å². The van der Waals surface area contributed by atoms with E-state index in [2.05, 4.69) is 0 Å². The average Bonchev–Trinajstić information content (AvgIpc) is 2.71. The van der Waals surface area contributed by atoms with E-state index < -0.39 is 11.7 Å². The minimum atomic E-state index is -0.792. The summed E-state index contributed by atoms with van der Waals surface area (Å²) in [6.07, 6.45) is 5.28. The van der Waals surface area contributed by atoms with Crippen molar-refractivity contribution in [1.82, 2.24) is 0 Å². The molecule has 0 radical (unpaired) electrons. The number of ether oxygens (including phenoxy) is 1. The molecule has 0 aromatic heterocycles. The van der Waals surface area contributed by atoms with Gasteiger partial charge in [-0.15, -0.1) is 0 Å². The predicted molar refractivity (Wildman–Crippen MR) is 79.8 cm³/mol. The van der Waals surface area contributed by atoms with Crippen molar-refractivity contribution in [1.29, 1.82) is 5.26 Å². The molecule has 2 rings (SSSR count). The van der Waals surface area contributed by atoms with Gasteiger partial charge in [-0.25, -0.2) is 0 Å². The molecule has 114 valence electrons. The molecule has 1 aromatic rings. The molecule has 1 aliphatic rings. The Morgan fingerprint density at radius 2 is 1.95 bits per heavy atom. The number of aliphatic hydroxyl groups excluding tert-OH is 1. The van der Waals surface area contributed by atoms with Gasteiger partial charge in [0.05, 0.1) is 24.2 Å². The molecule has 1 atom stereocenters. The van der Waals surface area contributed by atoms with E-state index in [0.717, 1.165) is 25.7 Å². The van der Waals surface area contributed by atoms with Crippen molar-refractivity contribution < 1.29 is 14.9 Å². The van der Waals surface area contributed by atoms with E-state index in [0.29, 0.717) is 11.3 Å². The summed E-state index contributed by atoms with van der Waals surface area (Å²) in [6.45, 7) is 0.283. The zero-order valence-electron chi connectivity index (χ0n) is 12.3. The van der Waals surface area contributed by atoms with Crippen LogP contribution < -0.4 is 4.74 Å². The van der Waals surface area contributed by atoms with E-state index in [1.807, 2.05) is 12.1 Å². The van der Waals surface area contributed by atoms with Crippen LogP contribution in [0.5, 0.6) is 5.75 Å². The van der Waals surface area contributed by atoms with Crippen LogP contribution in [0, 0.1) is 11.3 Å². The first-order chi connectivity index (χ1) is 10.1. The Kier molecular flexibility index (Phi) is 5.60. The summed E-state index contributed by atoms with van der Waals surface area (Å²) in [6, 6.07) is 9.06. The number of nitriles is 1. The molecule has 1 saturated carbocycles. The lowest BCUT2D eigenvalue weighted by atomic mass is 9.96. The van der Waals surface area contributed by atoms with Gasteiger partial charge in [-0.05, 0) is 30.5 Å². The van der Waals surface area contributed by atoms with Crippen LogP contribution in [-0.4, -0.2) is 22.4 Å². The van der Waals surface area contributed by atoms with Crippen LogP contribution in [0.4, 0.5) is 0 Å². The molecular formula is C17H23NO3. The molecule has 0 heterocycles. The van der Waals surface area contributed by atoms with Gasteiger partial charge in [0.2, 0.25) is 0 Å². The number of nitrogens with zero attached hydrogens (tertiary/aromatic N) is 1. The van der Waals surface area contributed by atoms with E-state index >= 15 is 0 Å². The second-order valence-electron chi connectivity index (χ2n) is 5.88. The van der Waals surface area contributed by atoms with Gasteiger partial charge >= 0.3 is 0 Å². The summed E-state index contributed by atoms with van der Waals surface area (Å²) >= 11 is 0. The number of hydrogen-bond donors (Lipinski definition) is 2. The van der Waals surface area contributed by atoms with Gasteiger partial charge in [0.25, 0.3) is 0 Å². The number of rotatable bonds is 5. The molecule has 2 N–H and O–H groups in total. The molecule has 4 heteroatoms. The fourth-order valence-electron chi connectivity index (χ4n) is 2.76. The third-order valence-electron chi connectivity index (χ3n) is 4.07. The highest BCUT2D eigenvalue weighted by molar-refractivity contribution is 5.30. The smallest absolute Gasteiger partial charge is 0.119 e. The van der Waals surface area contributed by atoms with Crippen molar-refractivity contribution in [3.8, 4) is 11.8 Å². The van der Waals surface area contributed by atoms with Gasteiger partial charge in [-0.2, -0.15) is 5.26 Å². The summed E-state index contributed by atoms with van der Waals surface area (Å²) in [7, 11) is 0. The van der Waals surface area contributed by atoms with Crippen LogP contribution in [0.15, 0.2) is 24.3 Å². The highest BCUT2D eigenvalue weighted by Crippen LogP contribution is 2.28. The van der Waals surface area contributed by atoms with E-state index in [9.17, 15) is 10.2 Å². The number of hydrogen-bond acceptors (Lipinski definition) is 4. The maximum atomic E-state index is 10.6. The second-order valence-corrected chi connectivity index (χ2v) is 5.88. The number of benzene rings is 1. The summed E-state index contributed by atoms with van der Waals surface area (Å²) in [5.74, 6) is 0.627. The average molecular weight is 289 g/mol. The summed E-state index contributed by atoms with van der Waals surface area (Å²) in [5.41, 5.74) is -0.0699. The maximum absolute atomic E-state index is 10.6. The third kappa shape index (κ3) is 4.73. The summed E-state index contributed by atoms with van der Waals surface area (Å²) in [4.78, 5) is 0. The molecule has 0 aliphatic heterocycles. The van der Waals surface area contributed by atoms with Gasteiger partial charge in [-0.3, -0.25) is 0 Å². The lowest BCUT2D eigenvalue weighted by Crippen LogP contribution is -2.35. The molecule has 21 heavy (non-hydrogen) atoms. The Labute approximate surface area is 126 Å². The first-order valence-electron chi connectivity index (χ1n) is 7.63. The minimum absolute atomic E-state index is 0.0629. The molecule has 0 spiro atoms. The van der Waals surface area contributed by atoms with Crippen molar-refractivity contribution >= 4 is 0 Å². The first-order valence-corrected chi connectivity index (χ1v) is 7.63. The Balaban J connectivity index is 1.96. The lowest BCUT2D eigenvalue weighted by molar-refractivity contribution is -0.0174. The van der Waals surface area contributed by atoms with Crippen LogP contribution in [0.3, 0.4) is 0 Å². The molecule has 1 aliphatic carbocycles. The standard InChI is InChI=1S/C17H23NO3/c18-11-8-16(19)14-6-5-7-15(12-14)21-13-17(20)9-3-1-2-4-10-17/h5-7,12,16,19-20H,1-4,8-10,13H2. The molecule has 1 unspecified atom stereocenters. The minimum Gasteiger partial charge on any atom is -0.491 e. The summed E-state index contributed by atoms with van der Waals surface area (Å²) in [5, 5.41) is 29.0. The fraction of sp³-hybridized carbons (Fsp3) is 0.588. The van der Waals surface area contributed by atoms with Gasteiger partial charge in [0, 0.05) is 0 Å².